The fourth-order valence-corrected chi connectivity index (χ4v) is 1.84. The first-order valence-corrected chi connectivity index (χ1v) is 5.94. The van der Waals surface area contributed by atoms with Crippen molar-refractivity contribution in [3.8, 4) is 0 Å². The number of hydrogen-bond donors (Lipinski definition) is 2. The molecule has 0 bridgehead atoms. The van der Waals surface area contributed by atoms with Crippen LogP contribution in [0, 0.1) is 5.82 Å². The van der Waals surface area contributed by atoms with E-state index in [1.165, 1.54) is 6.07 Å². The maximum absolute atomic E-state index is 13.4. The van der Waals surface area contributed by atoms with Crippen LogP contribution in [0.1, 0.15) is 25.0 Å². The minimum absolute atomic E-state index is 0.0456. The molecular formula is C13H20FNO2. The van der Waals surface area contributed by atoms with Crippen molar-refractivity contribution in [3.05, 3.63) is 35.6 Å². The lowest BCUT2D eigenvalue weighted by atomic mass is 10.1. The molecule has 0 saturated carbocycles. The number of hydrogen-bond acceptors (Lipinski definition) is 3. The van der Waals surface area contributed by atoms with Crippen LogP contribution in [0.4, 0.5) is 4.39 Å². The summed E-state index contributed by atoms with van der Waals surface area (Å²) in [6.07, 6.45) is 0.0820. The van der Waals surface area contributed by atoms with Crippen LogP contribution in [0.2, 0.25) is 0 Å². The van der Waals surface area contributed by atoms with E-state index in [4.69, 9.17) is 5.11 Å². The standard InChI is InChI=1S/C13H20FNO2/c1-2-7-15(8-9-16)10-13(17)11-5-3-4-6-12(11)14/h3-6,13,16-17H,2,7-10H2,1H3/t13-/m1/s1. The molecule has 1 aromatic rings. The highest BCUT2D eigenvalue weighted by Gasteiger charge is 2.15. The van der Waals surface area contributed by atoms with Crippen molar-refractivity contribution in [2.75, 3.05) is 26.2 Å². The van der Waals surface area contributed by atoms with E-state index in [1.807, 2.05) is 11.8 Å². The van der Waals surface area contributed by atoms with E-state index in [2.05, 4.69) is 0 Å². The average Bonchev–Trinajstić information content (AvgIpc) is 2.30. The second kappa shape index (κ2) is 7.37. The average molecular weight is 241 g/mol. The van der Waals surface area contributed by atoms with E-state index >= 15 is 0 Å². The molecule has 17 heavy (non-hydrogen) atoms. The molecule has 0 heterocycles. The van der Waals surface area contributed by atoms with Gasteiger partial charge in [0.1, 0.15) is 5.82 Å². The van der Waals surface area contributed by atoms with Gasteiger partial charge in [0.2, 0.25) is 0 Å². The second-order valence-electron chi connectivity index (χ2n) is 4.06. The molecule has 2 N–H and O–H groups in total. The van der Waals surface area contributed by atoms with Gasteiger partial charge in [-0.3, -0.25) is 4.90 Å². The predicted molar refractivity (Wildman–Crippen MR) is 65.2 cm³/mol. The van der Waals surface area contributed by atoms with Gasteiger partial charge in [0.25, 0.3) is 0 Å². The normalized spacial score (nSPS) is 13.0. The second-order valence-corrected chi connectivity index (χ2v) is 4.06. The van der Waals surface area contributed by atoms with Crippen LogP contribution in [0.3, 0.4) is 0 Å². The summed E-state index contributed by atoms with van der Waals surface area (Å²) in [7, 11) is 0. The summed E-state index contributed by atoms with van der Waals surface area (Å²) in [6.45, 7) is 3.70. The Morgan fingerprint density at radius 1 is 1.29 bits per heavy atom. The number of halogens is 1. The van der Waals surface area contributed by atoms with Gasteiger partial charge in [0, 0.05) is 18.7 Å². The molecule has 0 fully saturated rings. The van der Waals surface area contributed by atoms with E-state index in [0.717, 1.165) is 13.0 Å². The third kappa shape index (κ3) is 4.42. The van der Waals surface area contributed by atoms with E-state index in [1.54, 1.807) is 18.2 Å². The van der Waals surface area contributed by atoms with E-state index in [-0.39, 0.29) is 12.4 Å². The first-order chi connectivity index (χ1) is 8.19. The number of aliphatic hydroxyl groups is 2. The summed E-state index contributed by atoms with van der Waals surface area (Å²) < 4.78 is 13.4. The van der Waals surface area contributed by atoms with Crippen molar-refractivity contribution < 1.29 is 14.6 Å². The molecule has 4 heteroatoms. The molecule has 0 unspecified atom stereocenters. The summed E-state index contributed by atoms with van der Waals surface area (Å²) in [4.78, 5) is 1.93. The number of rotatable bonds is 7. The van der Waals surface area contributed by atoms with Gasteiger partial charge in [-0.25, -0.2) is 4.39 Å². The highest BCUT2D eigenvalue weighted by atomic mass is 19.1. The maximum Gasteiger partial charge on any atom is 0.129 e. The van der Waals surface area contributed by atoms with Crippen LogP contribution in [-0.2, 0) is 0 Å². The third-order valence-corrected chi connectivity index (χ3v) is 2.65. The first kappa shape index (κ1) is 14.1. The molecular weight excluding hydrogens is 221 g/mol. The molecule has 0 aliphatic rings. The molecule has 0 radical (unpaired) electrons. The number of aliphatic hydroxyl groups excluding tert-OH is 2. The molecule has 0 aliphatic carbocycles. The fourth-order valence-electron chi connectivity index (χ4n) is 1.84. The summed E-state index contributed by atoms with van der Waals surface area (Å²) in [5.41, 5.74) is 0.312. The topological polar surface area (TPSA) is 43.7 Å². The predicted octanol–water partition coefficient (Wildman–Crippen LogP) is 1.56. The third-order valence-electron chi connectivity index (χ3n) is 2.65. The SMILES string of the molecule is CCCN(CCO)C[C@@H](O)c1ccccc1F. The minimum atomic E-state index is -0.853. The molecule has 0 saturated heterocycles. The molecule has 3 nitrogen and oxygen atoms in total. The van der Waals surface area contributed by atoms with Gasteiger partial charge in [-0.15, -0.1) is 0 Å². The first-order valence-electron chi connectivity index (χ1n) is 5.94. The number of nitrogens with zero attached hydrogens (tertiary/aromatic N) is 1. The van der Waals surface area contributed by atoms with Gasteiger partial charge in [-0.2, -0.15) is 0 Å². The smallest absolute Gasteiger partial charge is 0.129 e. The van der Waals surface area contributed by atoms with Crippen molar-refractivity contribution in [2.45, 2.75) is 19.4 Å². The van der Waals surface area contributed by atoms with Gasteiger partial charge in [0.05, 0.1) is 12.7 Å². The summed E-state index contributed by atoms with van der Waals surface area (Å²) in [6, 6.07) is 6.23. The Labute approximate surface area is 101 Å². The molecule has 1 atom stereocenters. The Morgan fingerprint density at radius 2 is 2.00 bits per heavy atom. The van der Waals surface area contributed by atoms with Gasteiger partial charge in [-0.05, 0) is 19.0 Å². The maximum atomic E-state index is 13.4. The summed E-state index contributed by atoms with van der Waals surface area (Å²) in [5, 5.41) is 18.9. The molecule has 96 valence electrons. The molecule has 0 aliphatic heterocycles. The van der Waals surface area contributed by atoms with Crippen LogP contribution in [0.25, 0.3) is 0 Å². The monoisotopic (exact) mass is 241 g/mol. The van der Waals surface area contributed by atoms with Crippen LogP contribution >= 0.6 is 0 Å². The highest BCUT2D eigenvalue weighted by Crippen LogP contribution is 2.17. The van der Waals surface area contributed by atoms with E-state index < -0.39 is 6.10 Å². The molecule has 0 aromatic heterocycles. The highest BCUT2D eigenvalue weighted by molar-refractivity contribution is 5.19. The zero-order valence-electron chi connectivity index (χ0n) is 10.1. The van der Waals surface area contributed by atoms with Crippen LogP contribution < -0.4 is 0 Å². The number of benzene rings is 1. The van der Waals surface area contributed by atoms with Gasteiger partial charge in [-0.1, -0.05) is 25.1 Å². The molecule has 0 amide bonds. The zero-order chi connectivity index (χ0) is 12.7. The van der Waals surface area contributed by atoms with Crippen molar-refractivity contribution in [2.24, 2.45) is 0 Å². The van der Waals surface area contributed by atoms with Crippen molar-refractivity contribution >= 4 is 0 Å². The van der Waals surface area contributed by atoms with Crippen molar-refractivity contribution in [1.82, 2.24) is 4.90 Å². The van der Waals surface area contributed by atoms with Crippen LogP contribution in [0.5, 0.6) is 0 Å². The Kier molecular flexibility index (Phi) is 6.11. The lowest BCUT2D eigenvalue weighted by Crippen LogP contribution is -2.32. The lowest BCUT2D eigenvalue weighted by Gasteiger charge is -2.24. The largest absolute Gasteiger partial charge is 0.395 e. The van der Waals surface area contributed by atoms with Crippen molar-refractivity contribution in [1.29, 1.82) is 0 Å². The Morgan fingerprint density at radius 3 is 2.59 bits per heavy atom. The van der Waals surface area contributed by atoms with Crippen LogP contribution in [-0.4, -0.2) is 41.4 Å². The summed E-state index contributed by atoms with van der Waals surface area (Å²) in [5.74, 6) is -0.388. The lowest BCUT2D eigenvalue weighted by molar-refractivity contribution is 0.0974. The Balaban J connectivity index is 2.63. The van der Waals surface area contributed by atoms with Gasteiger partial charge in [0.15, 0.2) is 0 Å². The molecule has 1 aromatic carbocycles. The minimum Gasteiger partial charge on any atom is -0.395 e. The quantitative estimate of drug-likeness (QED) is 0.761. The molecule has 1 rings (SSSR count). The Hall–Kier alpha value is -0.970. The molecule has 0 spiro atoms. The van der Waals surface area contributed by atoms with E-state index in [0.29, 0.717) is 18.7 Å². The Bertz CT molecular complexity index is 327. The van der Waals surface area contributed by atoms with Crippen LogP contribution in [0.15, 0.2) is 24.3 Å². The fraction of sp³-hybridized carbons (Fsp3) is 0.538. The zero-order valence-corrected chi connectivity index (χ0v) is 10.1. The summed E-state index contributed by atoms with van der Waals surface area (Å²) >= 11 is 0. The van der Waals surface area contributed by atoms with E-state index in [9.17, 15) is 9.50 Å². The van der Waals surface area contributed by atoms with Gasteiger partial charge < -0.3 is 10.2 Å². The van der Waals surface area contributed by atoms with Gasteiger partial charge >= 0.3 is 0 Å². The van der Waals surface area contributed by atoms with Crippen molar-refractivity contribution in [3.63, 3.8) is 0 Å².